The molecule has 2 heterocycles. The third kappa shape index (κ3) is 3.93. The summed E-state index contributed by atoms with van der Waals surface area (Å²) in [6.07, 6.45) is 2.48. The van der Waals surface area contributed by atoms with Gasteiger partial charge in [-0.25, -0.2) is 0 Å². The number of amides is 1. The molecule has 0 radical (unpaired) electrons. The zero-order valence-electron chi connectivity index (χ0n) is 13.1. The molecule has 5 nitrogen and oxygen atoms in total. The molecule has 1 fully saturated rings. The maximum Gasteiger partial charge on any atom is 0.277 e. The molecule has 5 heteroatoms. The lowest BCUT2D eigenvalue weighted by Crippen LogP contribution is -2.85. The van der Waals surface area contributed by atoms with E-state index in [0.717, 1.165) is 57.8 Å². The number of nitrogens with zero attached hydrogens (tertiary/aromatic N) is 2. The number of carbonyl (C=O) groups excluding carboxylic acids is 1. The van der Waals surface area contributed by atoms with Crippen LogP contribution in [-0.4, -0.2) is 60.8 Å². The van der Waals surface area contributed by atoms with E-state index in [-0.39, 0.29) is 5.91 Å². The van der Waals surface area contributed by atoms with Crippen molar-refractivity contribution in [2.75, 3.05) is 39.3 Å². The van der Waals surface area contributed by atoms with Crippen molar-refractivity contribution in [1.82, 2.24) is 15.2 Å². The number of benzene rings is 1. The lowest BCUT2D eigenvalue weighted by atomic mass is 10.1. The minimum Gasteiger partial charge on any atom is -0.314 e. The Bertz CT molecular complexity index is 523. The van der Waals surface area contributed by atoms with Crippen molar-refractivity contribution < 1.29 is 9.90 Å². The van der Waals surface area contributed by atoms with Crippen LogP contribution in [0.5, 0.6) is 0 Å². The Morgan fingerprint density at radius 3 is 2.59 bits per heavy atom. The van der Waals surface area contributed by atoms with Crippen molar-refractivity contribution in [3.63, 3.8) is 0 Å². The van der Waals surface area contributed by atoms with Crippen LogP contribution in [0.25, 0.3) is 0 Å². The van der Waals surface area contributed by atoms with Gasteiger partial charge in [0.05, 0.1) is 6.54 Å². The van der Waals surface area contributed by atoms with Gasteiger partial charge in [-0.15, -0.1) is 10.1 Å². The number of hydrazine groups is 1. The second-order valence-corrected chi connectivity index (χ2v) is 5.95. The zero-order chi connectivity index (χ0) is 15.2. The molecule has 1 amide bonds. The molecule has 0 aliphatic carbocycles. The lowest BCUT2D eigenvalue weighted by Gasteiger charge is -2.27. The first-order valence-corrected chi connectivity index (χ1v) is 8.24. The Hall–Kier alpha value is -1.72. The molecule has 2 aliphatic heterocycles. The van der Waals surface area contributed by atoms with Crippen LogP contribution in [-0.2, 0) is 4.79 Å². The normalized spacial score (nSPS) is 20.6. The van der Waals surface area contributed by atoms with Gasteiger partial charge < -0.3 is 5.32 Å². The van der Waals surface area contributed by atoms with Crippen LogP contribution in [0.1, 0.15) is 24.8 Å². The van der Waals surface area contributed by atoms with Crippen molar-refractivity contribution in [1.29, 1.82) is 0 Å². The fourth-order valence-electron chi connectivity index (χ4n) is 3.04. The highest BCUT2D eigenvalue weighted by Gasteiger charge is 2.25. The molecule has 0 aromatic heterocycles. The number of hydrogen-bond acceptors (Lipinski definition) is 3. The number of carbonyl (C=O) groups is 1. The molecule has 0 unspecified atom stereocenters. The summed E-state index contributed by atoms with van der Waals surface area (Å²) < 4.78 is 0. The summed E-state index contributed by atoms with van der Waals surface area (Å²) in [6, 6.07) is 10.3. The van der Waals surface area contributed by atoms with Crippen LogP contribution in [0.2, 0.25) is 0 Å². The number of hydrogen-bond donors (Lipinski definition) is 2. The van der Waals surface area contributed by atoms with Gasteiger partial charge in [0.1, 0.15) is 0 Å². The van der Waals surface area contributed by atoms with Gasteiger partial charge in [0.2, 0.25) is 5.71 Å². The van der Waals surface area contributed by atoms with Crippen molar-refractivity contribution in [3.05, 3.63) is 35.9 Å². The minimum atomic E-state index is 0.209. The third-order valence-electron chi connectivity index (χ3n) is 4.36. The van der Waals surface area contributed by atoms with Crippen LogP contribution < -0.4 is 10.4 Å². The van der Waals surface area contributed by atoms with Crippen LogP contribution >= 0.6 is 0 Å². The smallest absolute Gasteiger partial charge is 0.277 e. The maximum atomic E-state index is 12.3. The molecule has 22 heavy (non-hydrogen) atoms. The lowest BCUT2D eigenvalue weighted by molar-refractivity contribution is -0.623. The summed E-state index contributed by atoms with van der Waals surface area (Å²) in [5.74, 6) is 0.209. The van der Waals surface area contributed by atoms with Crippen LogP contribution in [0.4, 0.5) is 0 Å². The van der Waals surface area contributed by atoms with E-state index in [1.54, 1.807) is 0 Å². The first-order valence-electron chi connectivity index (χ1n) is 8.24. The van der Waals surface area contributed by atoms with E-state index >= 15 is 0 Å². The summed E-state index contributed by atoms with van der Waals surface area (Å²) in [7, 11) is 0. The molecule has 2 aliphatic rings. The highest BCUT2D eigenvalue weighted by molar-refractivity contribution is 5.97. The van der Waals surface area contributed by atoms with Gasteiger partial charge in [0, 0.05) is 51.1 Å². The van der Waals surface area contributed by atoms with Crippen molar-refractivity contribution >= 4 is 11.6 Å². The first kappa shape index (κ1) is 15.2. The number of piperazine rings is 1. The molecule has 3 rings (SSSR count). The molecule has 0 bridgehead atoms. The summed E-state index contributed by atoms with van der Waals surface area (Å²) in [6.45, 7) is 5.90. The minimum absolute atomic E-state index is 0.209. The van der Waals surface area contributed by atoms with Gasteiger partial charge in [-0.1, -0.05) is 18.2 Å². The number of hydrazone groups is 1. The Balaban J connectivity index is 1.67. The van der Waals surface area contributed by atoms with Crippen LogP contribution in [0, 0.1) is 0 Å². The topological polar surface area (TPSA) is 49.6 Å². The highest BCUT2D eigenvalue weighted by Crippen LogP contribution is 2.08. The van der Waals surface area contributed by atoms with Gasteiger partial charge in [-0.2, -0.15) is 0 Å². The average Bonchev–Trinajstić information content (AvgIpc) is 2.76. The van der Waals surface area contributed by atoms with Crippen LogP contribution in [0.15, 0.2) is 30.3 Å². The van der Waals surface area contributed by atoms with Gasteiger partial charge in [0.25, 0.3) is 5.91 Å². The zero-order valence-corrected chi connectivity index (χ0v) is 13.1. The van der Waals surface area contributed by atoms with E-state index in [2.05, 4.69) is 27.5 Å². The van der Waals surface area contributed by atoms with Gasteiger partial charge >= 0.3 is 0 Å². The molecule has 118 valence electrons. The van der Waals surface area contributed by atoms with Crippen molar-refractivity contribution in [2.24, 2.45) is 0 Å². The second kappa shape index (κ2) is 7.51. The van der Waals surface area contributed by atoms with Gasteiger partial charge in [0.15, 0.2) is 0 Å². The molecule has 1 aromatic carbocycles. The summed E-state index contributed by atoms with van der Waals surface area (Å²) >= 11 is 0. The van der Waals surface area contributed by atoms with Crippen LogP contribution in [0.3, 0.4) is 0 Å². The molecular formula is C17H25N4O+. The fourth-order valence-corrected chi connectivity index (χ4v) is 3.04. The third-order valence-corrected chi connectivity index (χ3v) is 4.36. The van der Waals surface area contributed by atoms with E-state index in [1.165, 1.54) is 5.56 Å². The Labute approximate surface area is 132 Å². The molecule has 0 atom stereocenters. The molecular weight excluding hydrogens is 276 g/mol. The predicted octanol–water partition coefficient (Wildman–Crippen LogP) is -0.611. The van der Waals surface area contributed by atoms with Gasteiger partial charge in [-0.3, -0.25) is 9.69 Å². The molecule has 0 saturated carbocycles. The van der Waals surface area contributed by atoms with E-state index in [4.69, 9.17) is 0 Å². The van der Waals surface area contributed by atoms with E-state index in [1.807, 2.05) is 23.2 Å². The predicted molar refractivity (Wildman–Crippen MR) is 86.4 cm³/mol. The Kier molecular flexibility index (Phi) is 5.19. The fraction of sp³-hybridized carbons (Fsp3) is 0.529. The Morgan fingerprint density at radius 2 is 1.82 bits per heavy atom. The van der Waals surface area contributed by atoms with E-state index < -0.39 is 0 Å². The van der Waals surface area contributed by atoms with Crippen molar-refractivity contribution in [2.45, 2.75) is 19.3 Å². The average molecular weight is 301 g/mol. The Morgan fingerprint density at radius 1 is 1.05 bits per heavy atom. The van der Waals surface area contributed by atoms with E-state index in [9.17, 15) is 4.79 Å². The summed E-state index contributed by atoms with van der Waals surface area (Å²) in [5.41, 5.74) is 2.34. The number of rotatable bonds is 4. The molecule has 0 spiro atoms. The second-order valence-electron chi connectivity index (χ2n) is 5.95. The SMILES string of the molecule is O=C1CCCC(c2ccccc2)=[NH+]N1CCN1CCNCC1. The first-order chi connectivity index (χ1) is 10.8. The van der Waals surface area contributed by atoms with Crippen molar-refractivity contribution in [3.8, 4) is 0 Å². The van der Waals surface area contributed by atoms with Gasteiger partial charge in [-0.05, 0) is 18.6 Å². The summed E-state index contributed by atoms with van der Waals surface area (Å²) in [5, 5.41) is 8.55. The molecule has 1 aromatic rings. The standard InChI is InChI=1S/C17H24N4O/c22-17-8-4-7-16(15-5-2-1-3-6-15)19-21(17)14-13-20-11-9-18-10-12-20/h1-3,5-6,18H,4,7-14H2/p+1. The van der Waals surface area contributed by atoms with E-state index in [0.29, 0.717) is 6.42 Å². The maximum absolute atomic E-state index is 12.3. The molecule has 2 N–H and O–H groups in total. The highest BCUT2D eigenvalue weighted by atomic mass is 16.2. The monoisotopic (exact) mass is 301 g/mol. The largest absolute Gasteiger partial charge is 0.314 e. The quantitative estimate of drug-likeness (QED) is 0.780. The summed E-state index contributed by atoms with van der Waals surface area (Å²) in [4.78, 5) is 14.7. The number of nitrogens with one attached hydrogen (secondary N) is 2. The molecule has 1 saturated heterocycles.